The van der Waals surface area contributed by atoms with Crippen LogP contribution in [0.5, 0.6) is 0 Å². The number of carbonyl (C=O) groups excluding carboxylic acids is 2. The molecular weight excluding hydrogens is 380 g/mol. The molecule has 0 spiro atoms. The monoisotopic (exact) mass is 394 g/mol. The molecule has 0 aliphatic heterocycles. The van der Waals surface area contributed by atoms with Gasteiger partial charge in [-0.15, -0.1) is 0 Å². The summed E-state index contributed by atoms with van der Waals surface area (Å²) in [6.45, 7) is 0.865. The van der Waals surface area contributed by atoms with Crippen LogP contribution in [0.1, 0.15) is 21.7 Å². The molecule has 2 aromatic heterocycles. The smallest absolute Gasteiger partial charge is 0.343 e. The molecule has 1 amide bonds. The Balaban J connectivity index is 1.70. The fourth-order valence-electron chi connectivity index (χ4n) is 2.63. The van der Waals surface area contributed by atoms with Gasteiger partial charge in [-0.2, -0.15) is 5.26 Å². The highest BCUT2D eigenvalue weighted by Crippen LogP contribution is 2.26. The van der Waals surface area contributed by atoms with Crippen LogP contribution >= 0.6 is 0 Å². The third kappa shape index (κ3) is 4.14. The van der Waals surface area contributed by atoms with E-state index in [0.29, 0.717) is 0 Å². The number of ether oxygens (including phenoxy) is 1. The van der Waals surface area contributed by atoms with Gasteiger partial charge in [-0.25, -0.2) is 4.79 Å². The summed E-state index contributed by atoms with van der Waals surface area (Å²) in [6.07, 6.45) is 3.31. The first kappa shape index (κ1) is 19.4. The van der Waals surface area contributed by atoms with Gasteiger partial charge in [0.15, 0.2) is 6.61 Å². The zero-order valence-corrected chi connectivity index (χ0v) is 15.1. The average Bonchev–Trinajstić information content (AvgIpc) is 3.33. The molecule has 1 N–H and O–H groups in total. The third-order valence-electron chi connectivity index (χ3n) is 3.90. The first-order valence-electron chi connectivity index (χ1n) is 8.29. The van der Waals surface area contributed by atoms with Gasteiger partial charge in [-0.1, -0.05) is 6.07 Å². The van der Waals surface area contributed by atoms with Crippen molar-refractivity contribution in [3.8, 4) is 12.0 Å². The van der Waals surface area contributed by atoms with Crippen LogP contribution in [0.25, 0.3) is 5.88 Å². The van der Waals surface area contributed by atoms with Crippen LogP contribution in [0, 0.1) is 28.4 Å². The average molecular weight is 394 g/mol. The molecule has 2 heterocycles. The molecule has 0 saturated carbocycles. The number of nitriles is 1. The number of amides is 1. The minimum atomic E-state index is -0.893. The summed E-state index contributed by atoms with van der Waals surface area (Å²) in [4.78, 5) is 34.6. The summed E-state index contributed by atoms with van der Waals surface area (Å²) in [5.74, 6) is -1.24. The van der Waals surface area contributed by atoms with Crippen LogP contribution in [-0.4, -0.2) is 28.0 Å². The Morgan fingerprint density at radius 1 is 1.31 bits per heavy atom. The maximum atomic E-state index is 12.4. The van der Waals surface area contributed by atoms with Gasteiger partial charge >= 0.3 is 5.97 Å². The number of nitrogens with one attached hydrogen (secondary N) is 1. The van der Waals surface area contributed by atoms with Gasteiger partial charge in [0.1, 0.15) is 23.0 Å². The summed E-state index contributed by atoms with van der Waals surface area (Å²) < 4.78 is 12.0. The number of aromatic nitrogens is 1. The number of non-ortho nitro benzene ring substituents is 1. The molecule has 0 bridgehead atoms. The van der Waals surface area contributed by atoms with E-state index < -0.39 is 23.4 Å². The van der Waals surface area contributed by atoms with Gasteiger partial charge in [-0.05, 0) is 25.1 Å². The van der Waals surface area contributed by atoms with Crippen LogP contribution < -0.4 is 5.32 Å². The lowest BCUT2D eigenvalue weighted by Crippen LogP contribution is -2.21. The second-order valence-corrected chi connectivity index (χ2v) is 5.85. The van der Waals surface area contributed by atoms with Gasteiger partial charge in [0, 0.05) is 30.2 Å². The number of hydrogen-bond donors (Lipinski definition) is 1. The Bertz CT molecular complexity index is 1120. The summed E-state index contributed by atoms with van der Waals surface area (Å²) in [5, 5.41) is 22.6. The SMILES string of the molecule is Cc1oc(-n2cccc2)c(C#N)c1C(=O)OCC(=O)Nc1cccc([N+](=O)[O-])c1. The Morgan fingerprint density at radius 2 is 2.03 bits per heavy atom. The van der Waals surface area contributed by atoms with Gasteiger partial charge in [0.2, 0.25) is 5.88 Å². The molecule has 0 unspecified atom stereocenters. The number of carbonyl (C=O) groups is 2. The third-order valence-corrected chi connectivity index (χ3v) is 3.90. The summed E-state index contributed by atoms with van der Waals surface area (Å²) in [5.41, 5.74) is -0.0838. The molecular formula is C19H14N4O6. The zero-order valence-electron chi connectivity index (χ0n) is 15.1. The van der Waals surface area contributed by atoms with E-state index in [9.17, 15) is 25.0 Å². The van der Waals surface area contributed by atoms with Crippen molar-refractivity contribution in [3.05, 3.63) is 75.8 Å². The summed E-state index contributed by atoms with van der Waals surface area (Å²) in [7, 11) is 0. The normalized spacial score (nSPS) is 10.2. The maximum absolute atomic E-state index is 12.4. The van der Waals surface area contributed by atoms with E-state index >= 15 is 0 Å². The Hall–Kier alpha value is -4.39. The quantitative estimate of drug-likeness (QED) is 0.385. The number of anilines is 1. The molecule has 146 valence electrons. The van der Waals surface area contributed by atoms with Crippen molar-refractivity contribution in [1.82, 2.24) is 4.57 Å². The molecule has 10 nitrogen and oxygen atoms in total. The van der Waals surface area contributed by atoms with Gasteiger partial charge < -0.3 is 14.5 Å². The zero-order chi connectivity index (χ0) is 21.0. The van der Waals surface area contributed by atoms with E-state index in [2.05, 4.69) is 5.32 Å². The molecule has 0 aliphatic carbocycles. The largest absolute Gasteiger partial charge is 0.452 e. The molecule has 0 fully saturated rings. The lowest BCUT2D eigenvalue weighted by atomic mass is 10.1. The summed E-state index contributed by atoms with van der Waals surface area (Å²) >= 11 is 0. The highest BCUT2D eigenvalue weighted by molar-refractivity contribution is 5.98. The van der Waals surface area contributed by atoms with Crippen molar-refractivity contribution >= 4 is 23.3 Å². The van der Waals surface area contributed by atoms with E-state index in [-0.39, 0.29) is 34.1 Å². The number of furan rings is 1. The number of nitro groups is 1. The van der Waals surface area contributed by atoms with Gasteiger partial charge in [0.05, 0.1) is 4.92 Å². The second kappa shape index (κ2) is 8.10. The predicted molar refractivity (Wildman–Crippen MR) is 99.5 cm³/mol. The first-order valence-corrected chi connectivity index (χ1v) is 8.29. The standard InChI is InChI=1S/C19H14N4O6/c1-12-17(15(10-20)18(29-12)22-7-2-3-8-22)19(25)28-11-16(24)21-13-5-4-6-14(9-13)23(26)27/h2-9H,11H2,1H3,(H,21,24). The van der Waals surface area contributed by atoms with E-state index in [1.54, 1.807) is 24.5 Å². The highest BCUT2D eigenvalue weighted by Gasteiger charge is 2.26. The number of benzene rings is 1. The van der Waals surface area contributed by atoms with E-state index in [0.717, 1.165) is 0 Å². The molecule has 0 atom stereocenters. The van der Waals surface area contributed by atoms with Crippen LogP contribution in [0.15, 0.2) is 53.2 Å². The lowest BCUT2D eigenvalue weighted by Gasteiger charge is -2.06. The van der Waals surface area contributed by atoms with Crippen LogP contribution in [-0.2, 0) is 9.53 Å². The number of rotatable bonds is 6. The number of aryl methyl sites for hydroxylation is 1. The van der Waals surface area contributed by atoms with Crippen molar-refractivity contribution in [2.45, 2.75) is 6.92 Å². The van der Waals surface area contributed by atoms with Crippen molar-refractivity contribution in [2.75, 3.05) is 11.9 Å². The predicted octanol–water partition coefficient (Wildman–Crippen LogP) is 2.95. The van der Waals surface area contributed by atoms with Crippen molar-refractivity contribution in [2.24, 2.45) is 0 Å². The second-order valence-electron chi connectivity index (χ2n) is 5.85. The number of nitro benzene ring substituents is 1. The molecule has 10 heteroatoms. The van der Waals surface area contributed by atoms with Crippen LogP contribution in [0.3, 0.4) is 0 Å². The molecule has 0 radical (unpaired) electrons. The maximum Gasteiger partial charge on any atom is 0.343 e. The van der Waals surface area contributed by atoms with Crippen LogP contribution in [0.4, 0.5) is 11.4 Å². The van der Waals surface area contributed by atoms with Crippen molar-refractivity contribution in [3.63, 3.8) is 0 Å². The topological polar surface area (TPSA) is 140 Å². The Morgan fingerprint density at radius 3 is 2.69 bits per heavy atom. The fraction of sp³-hybridized carbons (Fsp3) is 0.105. The van der Waals surface area contributed by atoms with Crippen molar-refractivity contribution < 1.29 is 23.7 Å². The fourth-order valence-corrected chi connectivity index (χ4v) is 2.63. The molecule has 3 aromatic rings. The number of nitrogens with zero attached hydrogens (tertiary/aromatic N) is 3. The molecule has 3 rings (SSSR count). The number of esters is 1. The Labute approximate surface area is 164 Å². The molecule has 0 saturated heterocycles. The van der Waals surface area contributed by atoms with E-state index in [1.165, 1.54) is 35.8 Å². The highest BCUT2D eigenvalue weighted by atomic mass is 16.6. The first-order chi connectivity index (χ1) is 13.9. The van der Waals surface area contributed by atoms with Gasteiger partial charge in [0.25, 0.3) is 11.6 Å². The minimum absolute atomic E-state index is 0.0113. The Kier molecular flexibility index (Phi) is 5.41. The van der Waals surface area contributed by atoms with Crippen LogP contribution in [0.2, 0.25) is 0 Å². The summed E-state index contributed by atoms with van der Waals surface area (Å²) in [6, 6.07) is 10.7. The van der Waals surface area contributed by atoms with E-state index in [1.807, 2.05) is 6.07 Å². The molecule has 0 aliphatic rings. The molecule has 29 heavy (non-hydrogen) atoms. The lowest BCUT2D eigenvalue weighted by molar-refractivity contribution is -0.384. The molecule has 1 aromatic carbocycles. The van der Waals surface area contributed by atoms with Crippen molar-refractivity contribution in [1.29, 1.82) is 5.26 Å². The van der Waals surface area contributed by atoms with Gasteiger partial charge in [-0.3, -0.25) is 19.5 Å². The van der Waals surface area contributed by atoms with E-state index in [4.69, 9.17) is 9.15 Å². The minimum Gasteiger partial charge on any atom is -0.452 e. The number of hydrogen-bond acceptors (Lipinski definition) is 7.